The molecule has 1 aliphatic heterocycles. The van der Waals surface area contributed by atoms with Crippen LogP contribution in [0.2, 0.25) is 0 Å². The fraction of sp³-hybridized carbons (Fsp3) is 0.474. The number of anilines is 1. The van der Waals surface area contributed by atoms with Gasteiger partial charge in [-0.05, 0) is 18.6 Å². The van der Waals surface area contributed by atoms with Crippen LogP contribution in [0.25, 0.3) is 0 Å². The van der Waals surface area contributed by atoms with Crippen molar-refractivity contribution >= 4 is 35.6 Å². The smallest absolute Gasteiger partial charge is 0.435 e. The Kier molecular flexibility index (Phi) is 8.21. The normalized spacial score (nSPS) is 16.9. The summed E-state index contributed by atoms with van der Waals surface area (Å²) in [6, 6.07) is 7.93. The van der Waals surface area contributed by atoms with E-state index < -0.39 is 11.9 Å². The lowest BCUT2D eigenvalue weighted by Crippen LogP contribution is -2.44. The molecule has 30 heavy (non-hydrogen) atoms. The number of nitrogens with one attached hydrogen (secondary N) is 2. The van der Waals surface area contributed by atoms with Crippen molar-refractivity contribution in [3.63, 3.8) is 0 Å². The van der Waals surface area contributed by atoms with Crippen LogP contribution in [0.4, 0.5) is 18.9 Å². The predicted octanol–water partition coefficient (Wildman–Crippen LogP) is 3.01. The van der Waals surface area contributed by atoms with Gasteiger partial charge in [0.1, 0.15) is 5.75 Å². The molecule has 0 spiro atoms. The van der Waals surface area contributed by atoms with E-state index in [2.05, 4.69) is 25.6 Å². The Bertz CT molecular complexity index is 870. The summed E-state index contributed by atoms with van der Waals surface area (Å²) >= 11 is 0. The van der Waals surface area contributed by atoms with Gasteiger partial charge < -0.3 is 20.3 Å². The second kappa shape index (κ2) is 10.2. The zero-order valence-corrected chi connectivity index (χ0v) is 19.4. The summed E-state index contributed by atoms with van der Waals surface area (Å²) in [5, 5.41) is 9.77. The first-order valence-corrected chi connectivity index (χ1v) is 9.26. The third-order valence-electron chi connectivity index (χ3n) is 4.80. The molecule has 0 aliphatic carbocycles. The minimum atomic E-state index is -4.49. The molecule has 1 atom stereocenters. The number of halogens is 4. The second-order valence-corrected chi connectivity index (χ2v) is 6.85. The summed E-state index contributed by atoms with van der Waals surface area (Å²) in [6.45, 7) is 1.56. The molecule has 7 nitrogen and oxygen atoms in total. The van der Waals surface area contributed by atoms with Crippen molar-refractivity contribution in [3.8, 4) is 5.75 Å². The van der Waals surface area contributed by atoms with Gasteiger partial charge in [-0.3, -0.25) is 9.67 Å². The number of nitrogens with zero attached hydrogens (tertiary/aromatic N) is 4. The lowest BCUT2D eigenvalue weighted by atomic mass is 10.2. The van der Waals surface area contributed by atoms with Gasteiger partial charge in [0.05, 0.1) is 12.8 Å². The summed E-state index contributed by atoms with van der Waals surface area (Å²) in [5.74, 6) is 1.26. The topological polar surface area (TPSA) is 66.7 Å². The third-order valence-corrected chi connectivity index (χ3v) is 4.80. The van der Waals surface area contributed by atoms with Gasteiger partial charge in [0.15, 0.2) is 11.7 Å². The van der Waals surface area contributed by atoms with Crippen LogP contribution in [-0.4, -0.2) is 49.0 Å². The van der Waals surface area contributed by atoms with Crippen LogP contribution in [0.5, 0.6) is 5.75 Å². The first-order valence-electron chi connectivity index (χ1n) is 9.26. The van der Waals surface area contributed by atoms with E-state index in [0.29, 0.717) is 5.96 Å². The molecule has 2 aromatic rings. The zero-order chi connectivity index (χ0) is 21.0. The Morgan fingerprint density at radius 2 is 2.07 bits per heavy atom. The van der Waals surface area contributed by atoms with Crippen LogP contribution in [0.15, 0.2) is 35.5 Å². The molecule has 1 aliphatic rings. The van der Waals surface area contributed by atoms with Gasteiger partial charge in [0, 0.05) is 51.5 Å². The molecular formula is C19H26F3IN6O. The maximum absolute atomic E-state index is 13.1. The second-order valence-electron chi connectivity index (χ2n) is 6.85. The van der Waals surface area contributed by atoms with Gasteiger partial charge in [-0.15, -0.1) is 24.0 Å². The highest BCUT2D eigenvalue weighted by molar-refractivity contribution is 14.0. The third kappa shape index (κ3) is 5.70. The van der Waals surface area contributed by atoms with Crippen LogP contribution >= 0.6 is 24.0 Å². The number of rotatable bonds is 5. The molecule has 0 bridgehead atoms. The summed E-state index contributed by atoms with van der Waals surface area (Å²) in [5.41, 5.74) is 0.212. The standard InChI is InChI=1S/C19H25F3N6O.HI/c1-23-18(24-10-13-11-27(2)26-17(13)19(20,21)22)25-14-8-9-28(12-14)15-6-4-5-7-16(15)29-3;/h4-7,11,14H,8-10,12H2,1-3H3,(H2,23,24,25);1H. The molecule has 1 aromatic heterocycles. The Morgan fingerprint density at radius 1 is 1.33 bits per heavy atom. The van der Waals surface area contributed by atoms with E-state index in [4.69, 9.17) is 4.74 Å². The largest absolute Gasteiger partial charge is 0.495 e. The number of hydrogen-bond acceptors (Lipinski definition) is 4. The van der Waals surface area contributed by atoms with E-state index in [1.807, 2.05) is 24.3 Å². The highest BCUT2D eigenvalue weighted by Crippen LogP contribution is 2.31. The SMILES string of the molecule is CN=C(NCc1cn(C)nc1C(F)(F)F)NC1CCN(c2ccccc2OC)C1.I. The van der Waals surface area contributed by atoms with Gasteiger partial charge >= 0.3 is 6.18 Å². The molecule has 0 amide bonds. The fourth-order valence-corrected chi connectivity index (χ4v) is 3.46. The minimum Gasteiger partial charge on any atom is -0.495 e. The molecular weight excluding hydrogens is 512 g/mol. The number of ether oxygens (including phenoxy) is 1. The molecule has 0 radical (unpaired) electrons. The minimum absolute atomic E-state index is 0. The monoisotopic (exact) mass is 538 g/mol. The molecule has 2 heterocycles. The number of aromatic nitrogens is 2. The average molecular weight is 538 g/mol. The van der Waals surface area contributed by atoms with Crippen LogP contribution in [0, 0.1) is 0 Å². The first kappa shape index (κ1) is 24.1. The van der Waals surface area contributed by atoms with Gasteiger partial charge in [0.2, 0.25) is 0 Å². The highest BCUT2D eigenvalue weighted by Gasteiger charge is 2.36. The molecule has 2 N–H and O–H groups in total. The van der Waals surface area contributed by atoms with Crippen molar-refractivity contribution in [2.45, 2.75) is 25.2 Å². The number of methoxy groups -OCH3 is 1. The average Bonchev–Trinajstić information content (AvgIpc) is 3.31. The molecule has 1 unspecified atom stereocenters. The quantitative estimate of drug-likeness (QED) is 0.348. The summed E-state index contributed by atoms with van der Waals surface area (Å²) in [7, 11) is 4.71. The van der Waals surface area contributed by atoms with Crippen molar-refractivity contribution in [1.82, 2.24) is 20.4 Å². The number of benzene rings is 1. The molecule has 1 aromatic carbocycles. The lowest BCUT2D eigenvalue weighted by Gasteiger charge is -2.22. The highest BCUT2D eigenvalue weighted by atomic mass is 127. The maximum atomic E-state index is 13.1. The molecule has 1 saturated heterocycles. The van der Waals surface area contributed by atoms with E-state index in [1.165, 1.54) is 13.2 Å². The first-order chi connectivity index (χ1) is 13.8. The van der Waals surface area contributed by atoms with Crippen LogP contribution < -0.4 is 20.3 Å². The van der Waals surface area contributed by atoms with Crippen molar-refractivity contribution in [2.75, 3.05) is 32.1 Å². The van der Waals surface area contributed by atoms with Crippen LogP contribution in [-0.2, 0) is 19.8 Å². The Labute approximate surface area is 190 Å². The van der Waals surface area contributed by atoms with E-state index >= 15 is 0 Å². The van der Waals surface area contributed by atoms with E-state index in [0.717, 1.165) is 35.6 Å². The zero-order valence-electron chi connectivity index (χ0n) is 17.0. The molecule has 0 saturated carbocycles. The van der Waals surface area contributed by atoms with Crippen LogP contribution in [0.1, 0.15) is 17.7 Å². The Morgan fingerprint density at radius 3 is 2.73 bits per heavy atom. The predicted molar refractivity (Wildman–Crippen MR) is 121 cm³/mol. The van der Waals surface area contributed by atoms with E-state index in [9.17, 15) is 13.2 Å². The number of para-hydroxylation sites is 2. The van der Waals surface area contributed by atoms with Crippen molar-refractivity contribution in [3.05, 3.63) is 41.7 Å². The van der Waals surface area contributed by atoms with Gasteiger partial charge in [-0.25, -0.2) is 0 Å². The number of hydrogen-bond donors (Lipinski definition) is 2. The number of aliphatic imine (C=N–C) groups is 1. The maximum Gasteiger partial charge on any atom is 0.435 e. The number of alkyl halides is 3. The summed E-state index contributed by atoms with van der Waals surface area (Å²) in [6.07, 6.45) is -2.25. The number of aryl methyl sites for hydroxylation is 1. The molecule has 166 valence electrons. The number of guanidine groups is 1. The fourth-order valence-electron chi connectivity index (χ4n) is 3.46. The van der Waals surface area contributed by atoms with Gasteiger partial charge in [0.25, 0.3) is 0 Å². The molecule has 1 fully saturated rings. The van der Waals surface area contributed by atoms with Crippen molar-refractivity contribution in [1.29, 1.82) is 0 Å². The van der Waals surface area contributed by atoms with E-state index in [-0.39, 0.29) is 42.1 Å². The molecule has 3 rings (SSSR count). The van der Waals surface area contributed by atoms with Crippen molar-refractivity contribution < 1.29 is 17.9 Å². The Balaban J connectivity index is 0.00000320. The van der Waals surface area contributed by atoms with E-state index in [1.54, 1.807) is 14.2 Å². The Hall–Kier alpha value is -2.18. The van der Waals surface area contributed by atoms with Gasteiger partial charge in [-0.2, -0.15) is 18.3 Å². The van der Waals surface area contributed by atoms with Gasteiger partial charge in [-0.1, -0.05) is 12.1 Å². The van der Waals surface area contributed by atoms with Crippen molar-refractivity contribution in [2.24, 2.45) is 12.0 Å². The summed E-state index contributed by atoms with van der Waals surface area (Å²) in [4.78, 5) is 6.35. The molecule has 11 heteroatoms. The summed E-state index contributed by atoms with van der Waals surface area (Å²) < 4.78 is 45.9. The lowest BCUT2D eigenvalue weighted by molar-refractivity contribution is -0.142. The van der Waals surface area contributed by atoms with Crippen LogP contribution in [0.3, 0.4) is 0 Å².